The summed E-state index contributed by atoms with van der Waals surface area (Å²) in [4.78, 5) is 6.66. The van der Waals surface area contributed by atoms with E-state index in [4.69, 9.17) is 0 Å². The standard InChI is InChI=1S/C15H19N3/c1-18(2)15-14-6-4-3-5-13(14)11(10-17-15)9-16-12-7-8-12/h3-6,10,12,16H,7-9H2,1-2H3. The van der Waals surface area contributed by atoms with Crippen LogP contribution in [-0.4, -0.2) is 25.1 Å². The molecule has 0 bridgehead atoms. The Bertz CT molecular complexity index is 559. The van der Waals surface area contributed by atoms with Crippen LogP contribution in [-0.2, 0) is 6.54 Å². The van der Waals surface area contributed by atoms with E-state index < -0.39 is 0 Å². The van der Waals surface area contributed by atoms with Crippen LogP contribution in [0.2, 0.25) is 0 Å². The average molecular weight is 241 g/mol. The van der Waals surface area contributed by atoms with Gasteiger partial charge in [0, 0.05) is 38.3 Å². The molecule has 0 radical (unpaired) electrons. The maximum Gasteiger partial charge on any atom is 0.135 e. The van der Waals surface area contributed by atoms with E-state index >= 15 is 0 Å². The van der Waals surface area contributed by atoms with E-state index in [1.54, 1.807) is 0 Å². The third-order valence-corrected chi connectivity index (χ3v) is 3.44. The summed E-state index contributed by atoms with van der Waals surface area (Å²) >= 11 is 0. The highest BCUT2D eigenvalue weighted by atomic mass is 15.1. The van der Waals surface area contributed by atoms with Gasteiger partial charge in [0.15, 0.2) is 0 Å². The van der Waals surface area contributed by atoms with Crippen LogP contribution in [0.15, 0.2) is 30.5 Å². The SMILES string of the molecule is CN(C)c1ncc(CNC2CC2)c2ccccc12. The number of nitrogens with zero attached hydrogens (tertiary/aromatic N) is 2. The molecule has 3 rings (SSSR count). The molecule has 0 atom stereocenters. The molecule has 2 aromatic rings. The number of benzene rings is 1. The van der Waals surface area contributed by atoms with E-state index in [0.717, 1.165) is 18.4 Å². The van der Waals surface area contributed by atoms with E-state index in [2.05, 4.69) is 39.5 Å². The first-order valence-corrected chi connectivity index (χ1v) is 6.53. The molecule has 1 aliphatic carbocycles. The lowest BCUT2D eigenvalue weighted by Gasteiger charge is -2.16. The van der Waals surface area contributed by atoms with Gasteiger partial charge in [0.25, 0.3) is 0 Å². The van der Waals surface area contributed by atoms with Crippen LogP contribution in [0.3, 0.4) is 0 Å². The van der Waals surface area contributed by atoms with Crippen molar-refractivity contribution in [2.75, 3.05) is 19.0 Å². The number of hydrogen-bond acceptors (Lipinski definition) is 3. The molecule has 3 heteroatoms. The Balaban J connectivity index is 2.01. The molecular formula is C15H19N3. The number of rotatable bonds is 4. The molecule has 1 aromatic heterocycles. The zero-order chi connectivity index (χ0) is 12.5. The zero-order valence-electron chi connectivity index (χ0n) is 11.0. The van der Waals surface area contributed by atoms with Crippen LogP contribution in [0, 0.1) is 0 Å². The van der Waals surface area contributed by atoms with Crippen molar-refractivity contribution in [1.29, 1.82) is 0 Å². The monoisotopic (exact) mass is 241 g/mol. The quantitative estimate of drug-likeness (QED) is 0.891. The normalized spacial score (nSPS) is 15.0. The average Bonchev–Trinajstić information content (AvgIpc) is 3.19. The van der Waals surface area contributed by atoms with Gasteiger partial charge in [-0.15, -0.1) is 0 Å². The van der Waals surface area contributed by atoms with Crippen LogP contribution in [0.1, 0.15) is 18.4 Å². The van der Waals surface area contributed by atoms with Crippen molar-refractivity contribution in [1.82, 2.24) is 10.3 Å². The first-order chi connectivity index (χ1) is 8.75. The van der Waals surface area contributed by atoms with Gasteiger partial charge in [-0.2, -0.15) is 0 Å². The number of anilines is 1. The second-order valence-electron chi connectivity index (χ2n) is 5.20. The first kappa shape index (κ1) is 11.5. The third-order valence-electron chi connectivity index (χ3n) is 3.44. The molecule has 0 spiro atoms. The van der Waals surface area contributed by atoms with Gasteiger partial charge in [-0.25, -0.2) is 4.98 Å². The van der Waals surface area contributed by atoms with Gasteiger partial charge in [0.1, 0.15) is 5.82 Å². The Morgan fingerprint density at radius 1 is 1.22 bits per heavy atom. The molecule has 1 aliphatic rings. The van der Waals surface area contributed by atoms with E-state index in [1.807, 2.05) is 20.3 Å². The van der Waals surface area contributed by atoms with E-state index in [9.17, 15) is 0 Å². The van der Waals surface area contributed by atoms with Gasteiger partial charge in [-0.05, 0) is 23.8 Å². The topological polar surface area (TPSA) is 28.2 Å². The van der Waals surface area contributed by atoms with Crippen molar-refractivity contribution in [2.45, 2.75) is 25.4 Å². The van der Waals surface area contributed by atoms with Gasteiger partial charge in [0.05, 0.1) is 0 Å². The smallest absolute Gasteiger partial charge is 0.135 e. The predicted octanol–water partition coefficient (Wildman–Crippen LogP) is 2.55. The number of hydrogen-bond donors (Lipinski definition) is 1. The Hall–Kier alpha value is -1.61. The van der Waals surface area contributed by atoms with Crippen molar-refractivity contribution in [3.05, 3.63) is 36.0 Å². The van der Waals surface area contributed by atoms with Crippen molar-refractivity contribution in [2.24, 2.45) is 0 Å². The van der Waals surface area contributed by atoms with Crippen molar-refractivity contribution in [3.8, 4) is 0 Å². The predicted molar refractivity (Wildman–Crippen MR) is 75.9 cm³/mol. The Labute approximate surface area is 108 Å². The number of fused-ring (bicyclic) bond motifs is 1. The summed E-state index contributed by atoms with van der Waals surface area (Å²) in [7, 11) is 4.08. The van der Waals surface area contributed by atoms with Crippen LogP contribution in [0.4, 0.5) is 5.82 Å². The van der Waals surface area contributed by atoms with Crippen molar-refractivity contribution in [3.63, 3.8) is 0 Å². The molecule has 3 nitrogen and oxygen atoms in total. The number of aromatic nitrogens is 1. The second-order valence-corrected chi connectivity index (χ2v) is 5.20. The molecular weight excluding hydrogens is 222 g/mol. The van der Waals surface area contributed by atoms with E-state index in [1.165, 1.54) is 29.2 Å². The summed E-state index contributed by atoms with van der Waals surface area (Å²) < 4.78 is 0. The van der Waals surface area contributed by atoms with Crippen molar-refractivity contribution >= 4 is 16.6 Å². The largest absolute Gasteiger partial charge is 0.362 e. The third kappa shape index (κ3) is 2.18. The molecule has 0 saturated heterocycles. The van der Waals surface area contributed by atoms with Crippen LogP contribution < -0.4 is 10.2 Å². The minimum atomic E-state index is 0.734. The molecule has 1 saturated carbocycles. The summed E-state index contributed by atoms with van der Waals surface area (Å²) in [6.07, 6.45) is 4.65. The fourth-order valence-electron chi connectivity index (χ4n) is 2.28. The lowest BCUT2D eigenvalue weighted by atomic mass is 10.1. The molecule has 94 valence electrons. The van der Waals surface area contributed by atoms with Crippen LogP contribution >= 0.6 is 0 Å². The Morgan fingerprint density at radius 3 is 2.61 bits per heavy atom. The highest BCUT2D eigenvalue weighted by molar-refractivity contribution is 5.94. The highest BCUT2D eigenvalue weighted by Gasteiger charge is 2.20. The molecule has 0 unspecified atom stereocenters. The molecule has 1 aromatic carbocycles. The summed E-state index contributed by atoms with van der Waals surface area (Å²) in [5, 5.41) is 6.10. The van der Waals surface area contributed by atoms with Crippen LogP contribution in [0.25, 0.3) is 10.8 Å². The minimum absolute atomic E-state index is 0.734. The van der Waals surface area contributed by atoms with Crippen molar-refractivity contribution < 1.29 is 0 Å². The molecule has 1 fully saturated rings. The molecule has 1 N–H and O–H groups in total. The number of nitrogens with one attached hydrogen (secondary N) is 1. The lowest BCUT2D eigenvalue weighted by Crippen LogP contribution is -2.17. The van der Waals surface area contributed by atoms with Gasteiger partial charge >= 0.3 is 0 Å². The summed E-state index contributed by atoms with van der Waals surface area (Å²) in [5.41, 5.74) is 1.29. The Kier molecular flexibility index (Phi) is 2.92. The zero-order valence-corrected chi connectivity index (χ0v) is 11.0. The van der Waals surface area contributed by atoms with Crippen LogP contribution in [0.5, 0.6) is 0 Å². The fraction of sp³-hybridized carbons (Fsp3) is 0.400. The molecule has 18 heavy (non-hydrogen) atoms. The molecule has 0 aliphatic heterocycles. The van der Waals surface area contributed by atoms with E-state index in [-0.39, 0.29) is 0 Å². The lowest BCUT2D eigenvalue weighted by molar-refractivity contribution is 0.689. The summed E-state index contributed by atoms with van der Waals surface area (Å²) in [6, 6.07) is 9.25. The van der Waals surface area contributed by atoms with Gasteiger partial charge in [0.2, 0.25) is 0 Å². The number of pyridine rings is 1. The summed E-state index contributed by atoms with van der Waals surface area (Å²) in [5.74, 6) is 1.04. The van der Waals surface area contributed by atoms with E-state index in [0.29, 0.717) is 0 Å². The fourth-order valence-corrected chi connectivity index (χ4v) is 2.28. The van der Waals surface area contributed by atoms with Gasteiger partial charge in [-0.3, -0.25) is 0 Å². The highest BCUT2D eigenvalue weighted by Crippen LogP contribution is 2.27. The first-order valence-electron chi connectivity index (χ1n) is 6.53. The Morgan fingerprint density at radius 2 is 1.94 bits per heavy atom. The maximum atomic E-state index is 4.59. The minimum Gasteiger partial charge on any atom is -0.362 e. The van der Waals surface area contributed by atoms with Gasteiger partial charge in [-0.1, -0.05) is 24.3 Å². The maximum absolute atomic E-state index is 4.59. The summed E-state index contributed by atoms with van der Waals surface area (Å²) in [6.45, 7) is 0.923. The second kappa shape index (κ2) is 4.58. The molecule has 1 heterocycles. The molecule has 0 amide bonds. The van der Waals surface area contributed by atoms with Gasteiger partial charge < -0.3 is 10.2 Å².